The molecule has 128 valence electrons. The van der Waals surface area contributed by atoms with E-state index < -0.39 is 13.6 Å². The minimum absolute atomic E-state index is 0.0424. The minimum atomic E-state index is -3.92. The second kappa shape index (κ2) is 7.41. The third kappa shape index (κ3) is 4.61. The standard InChI is InChI=1S/C19H17FNO3P/c1-15-12-13-19(18(20)14-15)21-25(22,23-16-8-4-2-5-9-16)24-17-10-6-3-7-11-17/h2-14H,1H3,(H,21,22). The molecule has 0 atom stereocenters. The molecular formula is C19H17FNO3P. The first-order valence-corrected chi connectivity index (χ1v) is 9.22. The van der Waals surface area contributed by atoms with Crippen LogP contribution in [0.15, 0.2) is 78.9 Å². The first-order valence-electron chi connectivity index (χ1n) is 7.68. The number of halogens is 1. The van der Waals surface area contributed by atoms with E-state index in [4.69, 9.17) is 9.05 Å². The highest BCUT2D eigenvalue weighted by molar-refractivity contribution is 7.56. The van der Waals surface area contributed by atoms with Crippen molar-refractivity contribution in [1.29, 1.82) is 0 Å². The van der Waals surface area contributed by atoms with Crippen LogP contribution in [0.4, 0.5) is 10.1 Å². The highest BCUT2D eigenvalue weighted by atomic mass is 31.2. The van der Waals surface area contributed by atoms with Crippen LogP contribution in [0.25, 0.3) is 0 Å². The van der Waals surface area contributed by atoms with Crippen LogP contribution in [0.2, 0.25) is 0 Å². The number of anilines is 1. The Kier molecular flexibility index (Phi) is 5.05. The maximum Gasteiger partial charge on any atom is 0.541 e. The van der Waals surface area contributed by atoms with E-state index in [0.717, 1.165) is 5.56 Å². The van der Waals surface area contributed by atoms with E-state index in [-0.39, 0.29) is 5.69 Å². The van der Waals surface area contributed by atoms with Gasteiger partial charge in [0.25, 0.3) is 0 Å². The Morgan fingerprint density at radius 2 is 1.36 bits per heavy atom. The fourth-order valence-electron chi connectivity index (χ4n) is 2.16. The summed E-state index contributed by atoms with van der Waals surface area (Å²) in [4.78, 5) is 0. The third-order valence-corrected chi connectivity index (χ3v) is 4.74. The van der Waals surface area contributed by atoms with Gasteiger partial charge in [-0.3, -0.25) is 5.09 Å². The van der Waals surface area contributed by atoms with Crippen molar-refractivity contribution in [1.82, 2.24) is 0 Å². The van der Waals surface area contributed by atoms with Crippen molar-refractivity contribution >= 4 is 13.4 Å². The van der Waals surface area contributed by atoms with Crippen LogP contribution in [0.1, 0.15) is 5.56 Å². The van der Waals surface area contributed by atoms with E-state index >= 15 is 0 Å². The first-order chi connectivity index (χ1) is 12.0. The van der Waals surface area contributed by atoms with Crippen LogP contribution in [0.5, 0.6) is 11.5 Å². The Labute approximate surface area is 145 Å². The Hall–Kier alpha value is -2.78. The zero-order valence-electron chi connectivity index (χ0n) is 13.6. The molecule has 0 unspecified atom stereocenters. The number of para-hydroxylation sites is 2. The Morgan fingerprint density at radius 3 is 1.84 bits per heavy atom. The normalized spacial score (nSPS) is 11.0. The number of hydrogen-bond donors (Lipinski definition) is 1. The molecule has 0 aliphatic heterocycles. The van der Waals surface area contributed by atoms with Crippen LogP contribution >= 0.6 is 7.75 Å². The lowest BCUT2D eigenvalue weighted by molar-refractivity contribution is 0.392. The maximum atomic E-state index is 14.2. The quantitative estimate of drug-likeness (QED) is 0.565. The highest BCUT2D eigenvalue weighted by Gasteiger charge is 2.30. The smallest absolute Gasteiger partial charge is 0.400 e. The minimum Gasteiger partial charge on any atom is -0.400 e. The molecule has 0 aliphatic carbocycles. The van der Waals surface area contributed by atoms with Crippen LogP contribution in [-0.4, -0.2) is 0 Å². The molecule has 0 heterocycles. The van der Waals surface area contributed by atoms with Crippen LogP contribution < -0.4 is 14.1 Å². The number of hydrogen-bond acceptors (Lipinski definition) is 3. The average molecular weight is 357 g/mol. The molecule has 0 aromatic heterocycles. The summed E-state index contributed by atoms with van der Waals surface area (Å²) in [5.74, 6) is 0.164. The van der Waals surface area contributed by atoms with Crippen LogP contribution in [0.3, 0.4) is 0 Å². The predicted octanol–water partition coefficient (Wildman–Crippen LogP) is 5.81. The predicted molar refractivity (Wildman–Crippen MR) is 96.5 cm³/mol. The molecule has 4 nitrogen and oxygen atoms in total. The lowest BCUT2D eigenvalue weighted by atomic mass is 10.2. The molecular weight excluding hydrogens is 340 g/mol. The van der Waals surface area contributed by atoms with Crippen molar-refractivity contribution in [2.75, 3.05) is 5.09 Å². The second-order valence-corrected chi connectivity index (χ2v) is 6.98. The summed E-state index contributed by atoms with van der Waals surface area (Å²) in [6.07, 6.45) is 0. The number of benzene rings is 3. The molecule has 0 fully saturated rings. The molecule has 6 heteroatoms. The molecule has 0 spiro atoms. The molecule has 1 N–H and O–H groups in total. The monoisotopic (exact) mass is 357 g/mol. The van der Waals surface area contributed by atoms with Gasteiger partial charge in [0.1, 0.15) is 17.3 Å². The van der Waals surface area contributed by atoms with Gasteiger partial charge in [-0.05, 0) is 48.9 Å². The van der Waals surface area contributed by atoms with Crippen molar-refractivity contribution in [3.05, 3.63) is 90.2 Å². The summed E-state index contributed by atoms with van der Waals surface area (Å²) in [6, 6.07) is 21.7. The van der Waals surface area contributed by atoms with E-state index in [1.165, 1.54) is 12.1 Å². The van der Waals surface area contributed by atoms with Gasteiger partial charge in [0.2, 0.25) is 0 Å². The topological polar surface area (TPSA) is 47.6 Å². The highest BCUT2D eigenvalue weighted by Crippen LogP contribution is 2.48. The van der Waals surface area contributed by atoms with Gasteiger partial charge in [-0.1, -0.05) is 42.5 Å². The molecule has 0 saturated heterocycles. The van der Waals surface area contributed by atoms with Gasteiger partial charge in [-0.15, -0.1) is 0 Å². The van der Waals surface area contributed by atoms with Crippen molar-refractivity contribution in [3.8, 4) is 11.5 Å². The maximum absolute atomic E-state index is 14.2. The van der Waals surface area contributed by atoms with Crippen molar-refractivity contribution in [3.63, 3.8) is 0 Å². The first kappa shape index (κ1) is 17.1. The summed E-state index contributed by atoms with van der Waals surface area (Å²) < 4.78 is 38.5. The molecule has 0 saturated carbocycles. The van der Waals surface area contributed by atoms with Gasteiger partial charge in [0.05, 0.1) is 5.69 Å². The van der Waals surface area contributed by atoms with E-state index in [1.54, 1.807) is 61.5 Å². The van der Waals surface area contributed by atoms with E-state index in [1.807, 2.05) is 12.1 Å². The summed E-state index contributed by atoms with van der Waals surface area (Å²) >= 11 is 0. The largest absolute Gasteiger partial charge is 0.541 e. The van der Waals surface area contributed by atoms with Gasteiger partial charge in [0, 0.05) is 0 Å². The molecule has 0 aliphatic rings. The SMILES string of the molecule is Cc1ccc(NP(=O)(Oc2ccccc2)Oc2ccccc2)c(F)c1. The van der Waals surface area contributed by atoms with Crippen LogP contribution in [0, 0.1) is 12.7 Å². The third-order valence-electron chi connectivity index (χ3n) is 3.32. The average Bonchev–Trinajstić information content (AvgIpc) is 2.59. The summed E-state index contributed by atoms with van der Waals surface area (Å²) in [7, 11) is -3.92. The molecule has 3 rings (SSSR count). The molecule has 3 aromatic carbocycles. The molecule has 0 bridgehead atoms. The number of rotatable bonds is 6. The van der Waals surface area contributed by atoms with Gasteiger partial charge >= 0.3 is 7.75 Å². The Bertz CT molecular complexity index is 842. The molecule has 3 aromatic rings. The molecule has 0 radical (unpaired) electrons. The summed E-state index contributed by atoms with van der Waals surface area (Å²) in [5.41, 5.74) is 0.798. The summed E-state index contributed by atoms with van der Waals surface area (Å²) in [5, 5.41) is 2.58. The zero-order valence-corrected chi connectivity index (χ0v) is 14.4. The fraction of sp³-hybridized carbons (Fsp3) is 0.0526. The molecule has 0 amide bonds. The Morgan fingerprint density at radius 1 is 0.840 bits per heavy atom. The molecule has 25 heavy (non-hydrogen) atoms. The van der Waals surface area contributed by atoms with Gasteiger partial charge in [-0.2, -0.15) is 0 Å². The van der Waals surface area contributed by atoms with Gasteiger partial charge in [-0.25, -0.2) is 8.96 Å². The van der Waals surface area contributed by atoms with Crippen LogP contribution in [-0.2, 0) is 4.57 Å². The lowest BCUT2D eigenvalue weighted by Crippen LogP contribution is -2.10. The lowest BCUT2D eigenvalue weighted by Gasteiger charge is -2.21. The van der Waals surface area contributed by atoms with E-state index in [9.17, 15) is 8.96 Å². The fourth-order valence-corrected chi connectivity index (χ4v) is 3.57. The number of nitrogens with one attached hydrogen (secondary N) is 1. The second-order valence-electron chi connectivity index (χ2n) is 5.40. The van der Waals surface area contributed by atoms with Gasteiger partial charge < -0.3 is 9.05 Å². The number of aryl methyl sites for hydroxylation is 1. The Balaban J connectivity index is 1.91. The van der Waals surface area contributed by atoms with Crippen molar-refractivity contribution in [2.24, 2.45) is 0 Å². The van der Waals surface area contributed by atoms with Crippen molar-refractivity contribution < 1.29 is 18.0 Å². The summed E-state index contributed by atoms with van der Waals surface area (Å²) in [6.45, 7) is 1.77. The zero-order chi connectivity index (χ0) is 17.7. The van der Waals surface area contributed by atoms with E-state index in [2.05, 4.69) is 5.09 Å². The van der Waals surface area contributed by atoms with Crippen molar-refractivity contribution in [2.45, 2.75) is 6.92 Å². The van der Waals surface area contributed by atoms with E-state index in [0.29, 0.717) is 11.5 Å². The van der Waals surface area contributed by atoms with Gasteiger partial charge in [0.15, 0.2) is 0 Å².